The smallest absolute Gasteiger partial charge is 0.354 e. The van der Waals surface area contributed by atoms with E-state index in [4.69, 9.17) is 4.74 Å². The van der Waals surface area contributed by atoms with E-state index in [1.54, 1.807) is 6.92 Å². The Hall–Kier alpha value is -1.56. The lowest BCUT2D eigenvalue weighted by Crippen LogP contribution is -2.05. The molecule has 86 valence electrons. The molecule has 1 aromatic rings. The Morgan fingerprint density at radius 1 is 1.50 bits per heavy atom. The number of fused-ring (bicyclic) bond motifs is 1. The third-order valence-corrected chi connectivity index (χ3v) is 4.25. The third kappa shape index (κ3) is 1.46. The van der Waals surface area contributed by atoms with Crippen LogP contribution in [0.1, 0.15) is 30.0 Å². The molecule has 1 N–H and O–H groups in total. The van der Waals surface area contributed by atoms with E-state index in [-0.39, 0.29) is 22.1 Å². The number of nitrogens with one attached hydrogen (secondary N) is 1. The molecule has 0 radical (unpaired) electrons. The largest absolute Gasteiger partial charge is 0.461 e. The molecule has 0 bridgehead atoms. The number of rotatable bonds is 2. The Bertz CT molecular complexity index is 580. The van der Waals surface area contributed by atoms with E-state index in [0.29, 0.717) is 5.69 Å². The van der Waals surface area contributed by atoms with Gasteiger partial charge in [0.2, 0.25) is 9.84 Å². The van der Waals surface area contributed by atoms with E-state index in [1.807, 2.05) is 0 Å². The SMILES string of the molecule is CCOC(=O)c1cc2c([nH]1)C=C(C)S2(=O)=O. The summed E-state index contributed by atoms with van der Waals surface area (Å²) < 4.78 is 28.2. The zero-order chi connectivity index (χ0) is 11.9. The molecule has 0 spiro atoms. The molecule has 5 nitrogen and oxygen atoms in total. The van der Waals surface area contributed by atoms with E-state index >= 15 is 0 Å². The lowest BCUT2D eigenvalue weighted by molar-refractivity contribution is 0.0520. The van der Waals surface area contributed by atoms with Crippen LogP contribution < -0.4 is 0 Å². The number of hydrogen-bond acceptors (Lipinski definition) is 4. The van der Waals surface area contributed by atoms with Crippen LogP contribution in [-0.4, -0.2) is 26.0 Å². The average Bonchev–Trinajstić information content (AvgIpc) is 2.69. The summed E-state index contributed by atoms with van der Waals surface area (Å²) in [7, 11) is -3.39. The molecule has 6 heteroatoms. The number of sulfone groups is 1. The number of H-pyrrole nitrogens is 1. The number of aromatic amines is 1. The molecule has 2 heterocycles. The molecule has 1 aliphatic heterocycles. The predicted molar refractivity (Wildman–Crippen MR) is 57.6 cm³/mol. The fraction of sp³-hybridized carbons (Fsp3) is 0.300. The van der Waals surface area contributed by atoms with Gasteiger partial charge in [-0.25, -0.2) is 13.2 Å². The first-order valence-electron chi connectivity index (χ1n) is 4.80. The van der Waals surface area contributed by atoms with Crippen molar-refractivity contribution in [2.75, 3.05) is 6.61 Å². The number of aromatic nitrogens is 1. The Balaban J connectivity index is 2.46. The van der Waals surface area contributed by atoms with Gasteiger partial charge in [0.1, 0.15) is 5.69 Å². The Labute approximate surface area is 93.0 Å². The van der Waals surface area contributed by atoms with Crippen molar-refractivity contribution in [3.63, 3.8) is 0 Å². The van der Waals surface area contributed by atoms with Crippen molar-refractivity contribution < 1.29 is 17.9 Å². The minimum atomic E-state index is -3.39. The first-order valence-corrected chi connectivity index (χ1v) is 6.28. The van der Waals surface area contributed by atoms with Gasteiger partial charge in [0.25, 0.3) is 0 Å². The van der Waals surface area contributed by atoms with Gasteiger partial charge in [-0.15, -0.1) is 0 Å². The summed E-state index contributed by atoms with van der Waals surface area (Å²) in [5.74, 6) is -0.543. The summed E-state index contributed by atoms with van der Waals surface area (Å²) in [5, 5.41) is 0. The lowest BCUT2D eigenvalue weighted by Gasteiger charge is -1.98. The van der Waals surface area contributed by atoms with Crippen molar-refractivity contribution in [1.29, 1.82) is 0 Å². The van der Waals surface area contributed by atoms with E-state index < -0.39 is 15.8 Å². The van der Waals surface area contributed by atoms with Crippen molar-refractivity contribution >= 4 is 21.9 Å². The Morgan fingerprint density at radius 2 is 2.19 bits per heavy atom. The Kier molecular flexibility index (Phi) is 2.38. The van der Waals surface area contributed by atoms with E-state index in [0.717, 1.165) is 0 Å². The quantitative estimate of drug-likeness (QED) is 0.793. The Morgan fingerprint density at radius 3 is 2.75 bits per heavy atom. The maximum Gasteiger partial charge on any atom is 0.354 e. The van der Waals surface area contributed by atoms with Crippen LogP contribution >= 0.6 is 0 Å². The van der Waals surface area contributed by atoms with Gasteiger partial charge in [0.15, 0.2) is 0 Å². The van der Waals surface area contributed by atoms with Gasteiger partial charge in [-0.1, -0.05) is 0 Å². The number of allylic oxidation sites excluding steroid dienone is 1. The summed E-state index contributed by atoms with van der Waals surface area (Å²) >= 11 is 0. The highest BCUT2D eigenvalue weighted by Crippen LogP contribution is 2.32. The molecule has 0 amide bonds. The number of hydrogen-bond donors (Lipinski definition) is 1. The second-order valence-corrected chi connectivity index (χ2v) is 5.53. The van der Waals surface area contributed by atoms with Crippen LogP contribution in [-0.2, 0) is 14.6 Å². The lowest BCUT2D eigenvalue weighted by atomic mass is 10.4. The molecular formula is C10H11NO4S. The maximum atomic E-state index is 11.7. The number of carbonyl (C=O) groups excluding carboxylic acids is 1. The predicted octanol–water partition coefficient (Wildman–Crippen LogP) is 1.34. The zero-order valence-corrected chi connectivity index (χ0v) is 9.72. The van der Waals surface area contributed by atoms with Crippen LogP contribution in [0, 0.1) is 0 Å². The van der Waals surface area contributed by atoms with Gasteiger partial charge in [0, 0.05) is 4.91 Å². The third-order valence-electron chi connectivity index (χ3n) is 2.37. The van der Waals surface area contributed by atoms with Crippen LogP contribution in [0.4, 0.5) is 0 Å². The molecule has 0 aromatic carbocycles. The molecule has 1 aliphatic rings. The zero-order valence-electron chi connectivity index (χ0n) is 8.90. The topological polar surface area (TPSA) is 76.2 Å². The number of esters is 1. The summed E-state index contributed by atoms with van der Waals surface area (Å²) in [6.07, 6.45) is 1.51. The van der Waals surface area contributed by atoms with Gasteiger partial charge >= 0.3 is 5.97 Å². The van der Waals surface area contributed by atoms with Crippen LogP contribution in [0.25, 0.3) is 6.08 Å². The molecule has 0 aliphatic carbocycles. The molecule has 2 rings (SSSR count). The molecule has 0 unspecified atom stereocenters. The summed E-state index contributed by atoms with van der Waals surface area (Å²) in [5.41, 5.74) is 0.611. The first kappa shape index (κ1) is 10.9. The van der Waals surface area contributed by atoms with E-state index in [2.05, 4.69) is 4.98 Å². The molecule has 0 fully saturated rings. The van der Waals surface area contributed by atoms with Crippen molar-refractivity contribution in [3.05, 3.63) is 22.4 Å². The second-order valence-electron chi connectivity index (χ2n) is 3.44. The van der Waals surface area contributed by atoms with Crippen molar-refractivity contribution in [2.45, 2.75) is 18.7 Å². The van der Waals surface area contributed by atoms with E-state index in [1.165, 1.54) is 19.1 Å². The average molecular weight is 241 g/mol. The standard InChI is InChI=1S/C10H11NO4S/c1-3-15-10(12)8-5-9-7(11-8)4-6(2)16(9,13)14/h4-5,11H,3H2,1-2H3. The monoisotopic (exact) mass is 241 g/mol. The number of carbonyl (C=O) groups is 1. The van der Waals surface area contributed by atoms with Crippen LogP contribution in [0.2, 0.25) is 0 Å². The highest BCUT2D eigenvalue weighted by Gasteiger charge is 2.30. The van der Waals surface area contributed by atoms with Crippen LogP contribution in [0.15, 0.2) is 15.9 Å². The van der Waals surface area contributed by atoms with Crippen LogP contribution in [0.3, 0.4) is 0 Å². The van der Waals surface area contributed by atoms with E-state index in [9.17, 15) is 13.2 Å². The molecule has 16 heavy (non-hydrogen) atoms. The maximum absolute atomic E-state index is 11.7. The van der Waals surface area contributed by atoms with Crippen molar-refractivity contribution in [2.24, 2.45) is 0 Å². The number of ether oxygens (including phenoxy) is 1. The van der Waals surface area contributed by atoms with Gasteiger partial charge in [-0.3, -0.25) is 0 Å². The minimum Gasteiger partial charge on any atom is -0.461 e. The first-order chi connectivity index (χ1) is 7.46. The van der Waals surface area contributed by atoms with Crippen molar-refractivity contribution in [1.82, 2.24) is 4.98 Å². The second kappa shape index (κ2) is 3.48. The van der Waals surface area contributed by atoms with Gasteiger partial charge < -0.3 is 9.72 Å². The minimum absolute atomic E-state index is 0.146. The molecule has 0 saturated heterocycles. The van der Waals surface area contributed by atoms with Gasteiger partial charge in [-0.05, 0) is 26.0 Å². The molecule has 0 saturated carbocycles. The highest BCUT2D eigenvalue weighted by atomic mass is 32.2. The summed E-state index contributed by atoms with van der Waals surface area (Å²) in [6.45, 7) is 3.46. The normalized spacial score (nSPS) is 16.8. The fourth-order valence-corrected chi connectivity index (χ4v) is 2.85. The fourth-order valence-electron chi connectivity index (χ4n) is 1.55. The molecular weight excluding hydrogens is 230 g/mol. The molecule has 1 aromatic heterocycles. The summed E-state index contributed by atoms with van der Waals surface area (Å²) in [6, 6.07) is 1.32. The summed E-state index contributed by atoms with van der Waals surface area (Å²) in [4.78, 5) is 14.5. The van der Waals surface area contributed by atoms with Gasteiger partial charge in [-0.2, -0.15) is 0 Å². The van der Waals surface area contributed by atoms with Gasteiger partial charge in [0.05, 0.1) is 17.2 Å². The van der Waals surface area contributed by atoms with Crippen LogP contribution in [0.5, 0.6) is 0 Å². The van der Waals surface area contributed by atoms with Crippen molar-refractivity contribution in [3.8, 4) is 0 Å². The molecule has 0 atom stereocenters. The highest BCUT2D eigenvalue weighted by molar-refractivity contribution is 7.95.